The van der Waals surface area contributed by atoms with E-state index in [0.717, 1.165) is 11.4 Å². The highest BCUT2D eigenvalue weighted by molar-refractivity contribution is 5.98. The van der Waals surface area contributed by atoms with Crippen molar-refractivity contribution in [3.63, 3.8) is 0 Å². The molecule has 19 heavy (non-hydrogen) atoms. The van der Waals surface area contributed by atoms with Crippen LogP contribution in [-0.4, -0.2) is 15.8 Å². The van der Waals surface area contributed by atoms with E-state index in [4.69, 9.17) is 15.9 Å². The molecule has 0 aliphatic carbocycles. The van der Waals surface area contributed by atoms with Crippen molar-refractivity contribution >= 4 is 5.84 Å². The maximum absolute atomic E-state index is 7.63. The van der Waals surface area contributed by atoms with Crippen LogP contribution < -0.4 is 10.5 Å². The lowest BCUT2D eigenvalue weighted by Crippen LogP contribution is -2.15. The van der Waals surface area contributed by atoms with Gasteiger partial charge in [0.1, 0.15) is 17.3 Å². The van der Waals surface area contributed by atoms with Crippen molar-refractivity contribution in [3.05, 3.63) is 47.0 Å². The maximum Gasteiger partial charge on any atom is 0.145 e. The molecule has 5 nitrogen and oxygen atoms in total. The molecule has 0 radical (unpaired) electrons. The molecule has 98 valence electrons. The monoisotopic (exact) mass is 256 g/mol. The fraction of sp³-hybridized carbons (Fsp3) is 0.214. The van der Waals surface area contributed by atoms with E-state index < -0.39 is 0 Å². The van der Waals surface area contributed by atoms with E-state index in [1.165, 1.54) is 0 Å². The van der Waals surface area contributed by atoms with Gasteiger partial charge in [-0.25, -0.2) is 0 Å². The summed E-state index contributed by atoms with van der Waals surface area (Å²) >= 11 is 0. The van der Waals surface area contributed by atoms with Crippen molar-refractivity contribution in [2.24, 2.45) is 5.73 Å². The number of ether oxygens (including phenoxy) is 1. The molecule has 2 heterocycles. The van der Waals surface area contributed by atoms with E-state index in [1.54, 1.807) is 12.3 Å². The number of nitrogen functional groups attached to an aromatic ring is 1. The van der Waals surface area contributed by atoms with Crippen LogP contribution in [-0.2, 0) is 0 Å². The Morgan fingerprint density at radius 3 is 2.53 bits per heavy atom. The van der Waals surface area contributed by atoms with Crippen molar-refractivity contribution in [2.75, 3.05) is 0 Å². The number of hydrogen-bond donors (Lipinski definition) is 2. The smallest absolute Gasteiger partial charge is 0.145 e. The molecule has 0 unspecified atom stereocenters. The summed E-state index contributed by atoms with van der Waals surface area (Å²) in [7, 11) is 0. The molecule has 0 aliphatic heterocycles. The Hall–Kier alpha value is -2.43. The third-order valence-electron chi connectivity index (χ3n) is 2.67. The van der Waals surface area contributed by atoms with Crippen LogP contribution in [0.5, 0.6) is 11.5 Å². The second-order valence-corrected chi connectivity index (χ2v) is 4.37. The second-order valence-electron chi connectivity index (χ2n) is 4.37. The first-order chi connectivity index (χ1) is 8.97. The van der Waals surface area contributed by atoms with Crippen LogP contribution >= 0.6 is 0 Å². The quantitative estimate of drug-likeness (QED) is 0.652. The molecule has 0 bridgehead atoms. The molecule has 0 fully saturated rings. The van der Waals surface area contributed by atoms with Gasteiger partial charge in [-0.15, -0.1) is 0 Å². The Morgan fingerprint density at radius 1 is 1.21 bits per heavy atom. The minimum atomic E-state index is -0.0555. The van der Waals surface area contributed by atoms with Crippen molar-refractivity contribution in [2.45, 2.75) is 20.8 Å². The summed E-state index contributed by atoms with van der Waals surface area (Å²) in [6, 6.07) is 5.46. The molecular formula is C14H16N4O. The van der Waals surface area contributed by atoms with E-state index in [9.17, 15) is 0 Å². The van der Waals surface area contributed by atoms with Gasteiger partial charge < -0.3 is 10.5 Å². The summed E-state index contributed by atoms with van der Waals surface area (Å²) in [6.45, 7) is 5.59. The Morgan fingerprint density at radius 2 is 1.95 bits per heavy atom. The van der Waals surface area contributed by atoms with Gasteiger partial charge in [0.2, 0.25) is 0 Å². The van der Waals surface area contributed by atoms with Crippen LogP contribution in [0.15, 0.2) is 24.4 Å². The van der Waals surface area contributed by atoms with Crippen molar-refractivity contribution < 1.29 is 4.74 Å². The number of nitrogens with two attached hydrogens (primary N) is 1. The van der Waals surface area contributed by atoms with Crippen LogP contribution in [0, 0.1) is 26.2 Å². The van der Waals surface area contributed by atoms with Gasteiger partial charge in [-0.3, -0.25) is 15.4 Å². The Balaban J connectivity index is 2.44. The predicted octanol–water partition coefficient (Wildman–Crippen LogP) is 2.48. The minimum Gasteiger partial charge on any atom is -0.455 e. The van der Waals surface area contributed by atoms with Gasteiger partial charge >= 0.3 is 0 Å². The van der Waals surface area contributed by atoms with Gasteiger partial charge in [0.05, 0.1) is 17.5 Å². The number of amidine groups is 1. The first-order valence-corrected chi connectivity index (χ1v) is 5.90. The number of pyridine rings is 2. The van der Waals surface area contributed by atoms with E-state index in [2.05, 4.69) is 9.97 Å². The molecule has 2 aromatic heterocycles. The largest absolute Gasteiger partial charge is 0.455 e. The summed E-state index contributed by atoms with van der Waals surface area (Å²) in [6.07, 6.45) is 1.64. The minimum absolute atomic E-state index is 0.0555. The summed E-state index contributed by atoms with van der Waals surface area (Å²) in [5.74, 6) is 1.08. The molecule has 0 amide bonds. The molecular weight excluding hydrogens is 240 g/mol. The zero-order valence-electron chi connectivity index (χ0n) is 11.2. The molecule has 0 atom stereocenters. The molecule has 5 heteroatoms. The lowest BCUT2D eigenvalue weighted by molar-refractivity contribution is 0.477. The highest BCUT2D eigenvalue weighted by atomic mass is 16.5. The summed E-state index contributed by atoms with van der Waals surface area (Å²) in [5.41, 5.74) is 8.53. The van der Waals surface area contributed by atoms with Gasteiger partial charge in [0.15, 0.2) is 0 Å². The topological polar surface area (TPSA) is 84.9 Å². The van der Waals surface area contributed by atoms with E-state index in [0.29, 0.717) is 22.8 Å². The molecule has 2 aromatic rings. The SMILES string of the molecule is Cc1ccc(Oc2cc(C)nc(C)c2C(=N)N)cn1. The van der Waals surface area contributed by atoms with Crippen LogP contribution in [0.1, 0.15) is 22.6 Å². The summed E-state index contributed by atoms with van der Waals surface area (Å²) in [5, 5.41) is 7.63. The summed E-state index contributed by atoms with van der Waals surface area (Å²) in [4.78, 5) is 8.46. The van der Waals surface area contributed by atoms with Gasteiger partial charge in [0.25, 0.3) is 0 Å². The van der Waals surface area contributed by atoms with E-state index in [-0.39, 0.29) is 5.84 Å². The number of nitrogens with one attached hydrogen (secondary N) is 1. The Kier molecular flexibility index (Phi) is 3.46. The first-order valence-electron chi connectivity index (χ1n) is 5.90. The Labute approximate surface area is 112 Å². The number of rotatable bonds is 3. The number of hydrogen-bond acceptors (Lipinski definition) is 4. The predicted molar refractivity (Wildman–Crippen MR) is 73.8 cm³/mol. The number of aromatic nitrogens is 2. The lowest BCUT2D eigenvalue weighted by Gasteiger charge is -2.13. The molecule has 0 spiro atoms. The van der Waals surface area contributed by atoms with Crippen LogP contribution in [0.3, 0.4) is 0 Å². The first kappa shape index (κ1) is 13.0. The van der Waals surface area contributed by atoms with Crippen molar-refractivity contribution in [3.8, 4) is 11.5 Å². The average Bonchev–Trinajstić information content (AvgIpc) is 2.30. The van der Waals surface area contributed by atoms with Gasteiger partial charge in [-0.2, -0.15) is 0 Å². The standard InChI is InChI=1S/C14H16N4O/c1-8-4-5-11(7-17-8)19-12-6-9(2)18-10(3)13(12)14(15)16/h4-7H,1-3H3,(H3,15,16). The van der Waals surface area contributed by atoms with Crippen LogP contribution in [0.4, 0.5) is 0 Å². The number of nitrogens with zero attached hydrogens (tertiary/aromatic N) is 2. The third kappa shape index (κ3) is 2.88. The fourth-order valence-electron chi connectivity index (χ4n) is 1.84. The van der Waals surface area contributed by atoms with Crippen molar-refractivity contribution in [1.82, 2.24) is 9.97 Å². The van der Waals surface area contributed by atoms with Gasteiger partial charge in [-0.1, -0.05) is 0 Å². The second kappa shape index (κ2) is 5.06. The van der Waals surface area contributed by atoms with Crippen LogP contribution in [0.25, 0.3) is 0 Å². The molecule has 3 N–H and O–H groups in total. The highest BCUT2D eigenvalue weighted by Crippen LogP contribution is 2.27. The van der Waals surface area contributed by atoms with Gasteiger partial charge in [0, 0.05) is 17.5 Å². The summed E-state index contributed by atoms with van der Waals surface area (Å²) < 4.78 is 5.76. The number of aryl methyl sites for hydroxylation is 3. The fourth-order valence-corrected chi connectivity index (χ4v) is 1.84. The van der Waals surface area contributed by atoms with E-state index in [1.807, 2.05) is 32.9 Å². The Bertz CT molecular complexity index is 620. The molecule has 0 saturated carbocycles. The van der Waals surface area contributed by atoms with Crippen LogP contribution in [0.2, 0.25) is 0 Å². The molecule has 2 rings (SSSR count). The molecule has 0 aliphatic rings. The van der Waals surface area contributed by atoms with Crippen molar-refractivity contribution in [1.29, 1.82) is 5.41 Å². The highest BCUT2D eigenvalue weighted by Gasteiger charge is 2.13. The normalized spacial score (nSPS) is 10.3. The lowest BCUT2D eigenvalue weighted by atomic mass is 10.1. The van der Waals surface area contributed by atoms with Gasteiger partial charge in [-0.05, 0) is 32.9 Å². The zero-order valence-corrected chi connectivity index (χ0v) is 11.2. The van der Waals surface area contributed by atoms with E-state index >= 15 is 0 Å². The molecule has 0 saturated heterocycles. The average molecular weight is 256 g/mol. The maximum atomic E-state index is 7.63. The molecule has 0 aromatic carbocycles. The third-order valence-corrected chi connectivity index (χ3v) is 2.67. The zero-order chi connectivity index (χ0) is 14.0.